The number of anilines is 1. The molecule has 0 saturated carbocycles. The van der Waals surface area contributed by atoms with Crippen molar-refractivity contribution >= 4 is 38.4 Å². The van der Waals surface area contributed by atoms with Gasteiger partial charge in [-0.1, -0.05) is 42.5 Å². The molecular weight excluding hydrogens is 500 g/mol. The van der Waals surface area contributed by atoms with Crippen molar-refractivity contribution in [2.75, 3.05) is 31.5 Å². The number of aryl methyl sites for hydroxylation is 1. The van der Waals surface area contributed by atoms with Crippen molar-refractivity contribution in [3.8, 4) is 0 Å². The van der Waals surface area contributed by atoms with Gasteiger partial charge in [0.2, 0.25) is 10.0 Å². The maximum atomic E-state index is 13.5. The van der Waals surface area contributed by atoms with Crippen molar-refractivity contribution in [2.45, 2.75) is 50.0 Å². The summed E-state index contributed by atoms with van der Waals surface area (Å²) in [5.74, 6) is -0.243. The van der Waals surface area contributed by atoms with Crippen molar-refractivity contribution in [3.63, 3.8) is 0 Å². The summed E-state index contributed by atoms with van der Waals surface area (Å²) in [4.78, 5) is 29.7. The van der Waals surface area contributed by atoms with Crippen LogP contribution in [0.25, 0.3) is 10.8 Å². The summed E-state index contributed by atoms with van der Waals surface area (Å²) in [5, 5.41) is 4.14. The van der Waals surface area contributed by atoms with E-state index < -0.39 is 10.0 Å². The fourth-order valence-electron chi connectivity index (χ4n) is 5.39. The number of hydrogen-bond donors (Lipinski definition) is 2. The number of carbonyl (C=O) groups is 2. The molecule has 0 spiro atoms. The van der Waals surface area contributed by atoms with Crippen LogP contribution >= 0.6 is 0 Å². The van der Waals surface area contributed by atoms with E-state index in [0.29, 0.717) is 48.0 Å². The van der Waals surface area contributed by atoms with E-state index in [1.54, 1.807) is 30.3 Å². The molecule has 2 N–H and O–H groups in total. The third-order valence-electron chi connectivity index (χ3n) is 7.53. The average Bonchev–Trinajstić information content (AvgIpc) is 2.93. The summed E-state index contributed by atoms with van der Waals surface area (Å²) in [6.45, 7) is 4.56. The van der Waals surface area contributed by atoms with E-state index >= 15 is 0 Å². The monoisotopic (exact) mass is 534 g/mol. The Labute approximate surface area is 224 Å². The number of hydrogen-bond acceptors (Lipinski definition) is 4. The van der Waals surface area contributed by atoms with Crippen molar-refractivity contribution in [1.29, 1.82) is 0 Å². The Morgan fingerprint density at radius 2 is 1.42 bits per heavy atom. The van der Waals surface area contributed by atoms with E-state index in [1.807, 2.05) is 47.1 Å². The Morgan fingerprint density at radius 3 is 2.13 bits per heavy atom. The highest BCUT2D eigenvalue weighted by Crippen LogP contribution is 2.30. The number of amides is 3. The second-order valence-corrected chi connectivity index (χ2v) is 11.8. The third-order valence-corrected chi connectivity index (χ3v) is 9.10. The van der Waals surface area contributed by atoms with E-state index in [1.165, 1.54) is 6.42 Å². The molecule has 0 bridgehead atoms. The predicted octanol–water partition coefficient (Wildman–Crippen LogP) is 4.75. The van der Waals surface area contributed by atoms with Gasteiger partial charge in [0.1, 0.15) is 0 Å². The van der Waals surface area contributed by atoms with Gasteiger partial charge in [-0.15, -0.1) is 0 Å². The SMILES string of the molecule is Cc1ccccc1C(=O)Nc1ccc(S(=O)(=O)NC2CCN(C(=O)N3CCCCC3)CC2)c2ccccc12. The molecule has 0 atom stereocenters. The van der Waals surface area contributed by atoms with E-state index in [4.69, 9.17) is 0 Å². The fraction of sp³-hybridized carbons (Fsp3) is 0.379. The Kier molecular flexibility index (Phi) is 7.67. The molecule has 5 rings (SSSR count). The molecule has 2 fully saturated rings. The molecule has 0 unspecified atom stereocenters. The first-order valence-electron chi connectivity index (χ1n) is 13.3. The van der Waals surface area contributed by atoms with Crippen LogP contribution in [0.3, 0.4) is 0 Å². The molecule has 2 saturated heterocycles. The van der Waals surface area contributed by atoms with Crippen molar-refractivity contribution in [3.05, 3.63) is 71.8 Å². The van der Waals surface area contributed by atoms with Crippen molar-refractivity contribution < 1.29 is 18.0 Å². The summed E-state index contributed by atoms with van der Waals surface area (Å²) >= 11 is 0. The highest BCUT2D eigenvalue weighted by Gasteiger charge is 2.30. The van der Waals surface area contributed by atoms with E-state index in [-0.39, 0.29) is 22.9 Å². The zero-order valence-corrected chi connectivity index (χ0v) is 22.5. The largest absolute Gasteiger partial charge is 0.325 e. The number of urea groups is 1. The second-order valence-electron chi connectivity index (χ2n) is 10.1. The van der Waals surface area contributed by atoms with Gasteiger partial charge in [-0.3, -0.25) is 4.79 Å². The molecule has 3 aromatic carbocycles. The van der Waals surface area contributed by atoms with E-state index in [0.717, 1.165) is 31.5 Å². The van der Waals surface area contributed by atoms with Crippen LogP contribution in [0.15, 0.2) is 65.6 Å². The topological polar surface area (TPSA) is 98.8 Å². The maximum Gasteiger partial charge on any atom is 0.319 e. The molecular formula is C29H34N4O4S. The summed E-state index contributed by atoms with van der Waals surface area (Å²) in [5.41, 5.74) is 1.98. The molecule has 3 amide bonds. The minimum atomic E-state index is -3.83. The van der Waals surface area contributed by atoms with Crippen LogP contribution < -0.4 is 10.0 Å². The lowest BCUT2D eigenvalue weighted by atomic mass is 10.1. The third kappa shape index (κ3) is 5.54. The molecule has 200 valence electrons. The zero-order valence-electron chi connectivity index (χ0n) is 21.7. The van der Waals surface area contributed by atoms with E-state index in [2.05, 4.69) is 10.0 Å². The quantitative estimate of drug-likeness (QED) is 0.494. The molecule has 9 heteroatoms. The van der Waals surface area contributed by atoms with Crippen LogP contribution in [0, 0.1) is 6.92 Å². The van der Waals surface area contributed by atoms with Gasteiger partial charge in [0.05, 0.1) is 4.90 Å². The lowest BCUT2D eigenvalue weighted by Crippen LogP contribution is -2.51. The molecule has 0 radical (unpaired) electrons. The summed E-state index contributed by atoms with van der Waals surface area (Å²) in [7, 11) is -3.83. The van der Waals surface area contributed by atoms with E-state index in [9.17, 15) is 18.0 Å². The van der Waals surface area contributed by atoms with Crippen LogP contribution in [-0.2, 0) is 10.0 Å². The summed E-state index contributed by atoms with van der Waals surface area (Å²) in [6, 6.07) is 17.5. The van der Waals surface area contributed by atoms with Gasteiger partial charge in [0, 0.05) is 54.2 Å². The smallest absolute Gasteiger partial charge is 0.319 e. The molecule has 0 aromatic heterocycles. The Hall–Kier alpha value is -3.43. The minimum Gasteiger partial charge on any atom is -0.325 e. The molecule has 0 aliphatic carbocycles. The first kappa shape index (κ1) is 26.2. The Morgan fingerprint density at radius 1 is 0.789 bits per heavy atom. The Balaban J connectivity index is 1.30. The van der Waals surface area contributed by atoms with Gasteiger partial charge in [0.15, 0.2) is 0 Å². The van der Waals surface area contributed by atoms with Gasteiger partial charge in [-0.2, -0.15) is 0 Å². The number of rotatable bonds is 5. The highest BCUT2D eigenvalue weighted by molar-refractivity contribution is 7.89. The first-order valence-corrected chi connectivity index (χ1v) is 14.8. The van der Waals surface area contributed by atoms with Gasteiger partial charge in [0.25, 0.3) is 5.91 Å². The van der Waals surface area contributed by atoms with Crippen LogP contribution in [0.2, 0.25) is 0 Å². The standard InChI is InChI=1S/C29H34N4O4S/c1-21-9-3-4-10-23(21)28(34)30-26-13-14-27(25-12-6-5-11-24(25)26)38(36,37)31-22-15-19-33(20-16-22)29(35)32-17-7-2-8-18-32/h3-6,9-14,22,31H,2,7-8,15-20H2,1H3,(H,30,34). The number of benzene rings is 3. The normalized spacial score (nSPS) is 17.0. The zero-order chi connectivity index (χ0) is 26.7. The van der Waals surface area contributed by atoms with Gasteiger partial charge < -0.3 is 15.1 Å². The van der Waals surface area contributed by atoms with Gasteiger partial charge in [-0.25, -0.2) is 17.9 Å². The van der Waals surface area contributed by atoms with Crippen LogP contribution in [0.1, 0.15) is 48.0 Å². The number of likely N-dealkylation sites (tertiary alicyclic amines) is 2. The summed E-state index contributed by atoms with van der Waals surface area (Å²) < 4.78 is 29.8. The highest BCUT2D eigenvalue weighted by atomic mass is 32.2. The molecule has 38 heavy (non-hydrogen) atoms. The average molecular weight is 535 g/mol. The van der Waals surface area contributed by atoms with Gasteiger partial charge >= 0.3 is 6.03 Å². The number of carbonyl (C=O) groups excluding carboxylic acids is 2. The molecule has 3 aromatic rings. The Bertz CT molecular complexity index is 1440. The minimum absolute atomic E-state index is 0.0698. The van der Waals surface area contributed by atoms with Gasteiger partial charge in [-0.05, 0) is 62.8 Å². The molecule has 8 nitrogen and oxygen atoms in total. The molecule has 2 aliphatic heterocycles. The molecule has 2 aliphatic rings. The number of fused-ring (bicyclic) bond motifs is 1. The predicted molar refractivity (Wildman–Crippen MR) is 149 cm³/mol. The summed E-state index contributed by atoms with van der Waals surface area (Å²) in [6.07, 6.45) is 4.40. The van der Waals surface area contributed by atoms with Crippen LogP contribution in [0.5, 0.6) is 0 Å². The number of nitrogens with one attached hydrogen (secondary N) is 2. The number of piperidine rings is 2. The lowest BCUT2D eigenvalue weighted by molar-refractivity contribution is 0.102. The number of sulfonamides is 1. The first-order chi connectivity index (χ1) is 18.3. The van der Waals surface area contributed by atoms with Crippen LogP contribution in [0.4, 0.5) is 10.5 Å². The fourth-order valence-corrected chi connectivity index (χ4v) is 6.91. The maximum absolute atomic E-state index is 13.5. The van der Waals surface area contributed by atoms with Crippen molar-refractivity contribution in [2.24, 2.45) is 0 Å². The van der Waals surface area contributed by atoms with Crippen molar-refractivity contribution in [1.82, 2.24) is 14.5 Å². The second kappa shape index (κ2) is 11.1. The molecule has 2 heterocycles. The lowest BCUT2D eigenvalue weighted by Gasteiger charge is -2.37. The number of nitrogens with zero attached hydrogens (tertiary/aromatic N) is 2. The van der Waals surface area contributed by atoms with Crippen LogP contribution in [-0.4, -0.2) is 62.4 Å².